The lowest BCUT2D eigenvalue weighted by Gasteiger charge is -2.32. The Morgan fingerprint density at radius 1 is 0.872 bits per heavy atom. The number of amides is 2. The number of carbonyl (C=O) groups excluding carboxylic acids is 2. The Kier molecular flexibility index (Phi) is 8.59. The fraction of sp³-hybridized carbons (Fsp3) is 0.256. The first kappa shape index (κ1) is 30.4. The van der Waals surface area contributed by atoms with Gasteiger partial charge in [-0.15, -0.1) is 0 Å². The first-order valence-corrected chi connectivity index (χ1v) is 16.3. The molecule has 238 valence electrons. The average molecular weight is 626 g/mol. The lowest BCUT2D eigenvalue weighted by atomic mass is 9.96. The van der Waals surface area contributed by atoms with E-state index in [-0.39, 0.29) is 25.0 Å². The number of likely N-dealkylation sites (tertiary alicyclic amines) is 1. The first-order valence-electron chi connectivity index (χ1n) is 16.3. The van der Waals surface area contributed by atoms with Crippen LogP contribution in [-0.4, -0.2) is 74.1 Å². The molecule has 0 spiro atoms. The predicted molar refractivity (Wildman–Crippen MR) is 185 cm³/mol. The second kappa shape index (κ2) is 13.3. The van der Waals surface area contributed by atoms with Crippen LogP contribution < -0.4 is 0 Å². The Labute approximate surface area is 274 Å². The third-order valence-corrected chi connectivity index (χ3v) is 9.47. The Morgan fingerprint density at radius 3 is 2.43 bits per heavy atom. The van der Waals surface area contributed by atoms with E-state index < -0.39 is 0 Å². The van der Waals surface area contributed by atoms with Crippen molar-refractivity contribution in [3.63, 3.8) is 0 Å². The second-order valence-corrected chi connectivity index (χ2v) is 12.6. The number of rotatable bonds is 9. The van der Waals surface area contributed by atoms with E-state index in [4.69, 9.17) is 0 Å². The molecule has 3 heterocycles. The fourth-order valence-electron chi connectivity index (χ4n) is 6.83. The van der Waals surface area contributed by atoms with Crippen LogP contribution in [-0.2, 0) is 13.1 Å². The van der Waals surface area contributed by atoms with Gasteiger partial charge in [0.2, 0.25) is 0 Å². The summed E-state index contributed by atoms with van der Waals surface area (Å²) in [4.78, 5) is 35.0. The molecule has 7 rings (SSSR count). The lowest BCUT2D eigenvalue weighted by molar-refractivity contribution is 0.0682. The van der Waals surface area contributed by atoms with Crippen LogP contribution in [0.15, 0.2) is 110 Å². The quantitative estimate of drug-likeness (QED) is 0.204. The van der Waals surface area contributed by atoms with Gasteiger partial charge in [-0.3, -0.25) is 9.59 Å². The van der Waals surface area contributed by atoms with Crippen LogP contribution in [0.1, 0.15) is 39.3 Å². The van der Waals surface area contributed by atoms with Gasteiger partial charge in [-0.2, -0.15) is 0 Å². The zero-order valence-electron chi connectivity index (χ0n) is 26.6. The number of aromatic nitrogens is 3. The zero-order valence-corrected chi connectivity index (χ0v) is 26.6. The van der Waals surface area contributed by atoms with Gasteiger partial charge >= 0.3 is 0 Å². The van der Waals surface area contributed by atoms with Crippen LogP contribution in [0.25, 0.3) is 32.7 Å². The molecule has 0 radical (unpaired) electrons. The van der Waals surface area contributed by atoms with Crippen LogP contribution in [0, 0.1) is 5.92 Å². The topological polar surface area (TPSA) is 83.6 Å². The minimum atomic E-state index is -0.126. The van der Waals surface area contributed by atoms with Crippen molar-refractivity contribution in [1.29, 1.82) is 0 Å². The predicted octanol–water partition coefficient (Wildman–Crippen LogP) is 6.32. The van der Waals surface area contributed by atoms with Crippen molar-refractivity contribution in [3.05, 3.63) is 127 Å². The summed E-state index contributed by atoms with van der Waals surface area (Å²) >= 11 is 0. The Balaban J connectivity index is 1.07. The largest absolute Gasteiger partial charge is 0.395 e. The molecule has 0 bridgehead atoms. The summed E-state index contributed by atoms with van der Waals surface area (Å²) in [5.41, 5.74) is 4.27. The van der Waals surface area contributed by atoms with Gasteiger partial charge < -0.3 is 24.0 Å². The molecule has 0 atom stereocenters. The number of piperidine rings is 1. The Bertz CT molecular complexity index is 2050. The van der Waals surface area contributed by atoms with Gasteiger partial charge in [0.25, 0.3) is 11.8 Å². The maximum Gasteiger partial charge on any atom is 0.255 e. The smallest absolute Gasteiger partial charge is 0.255 e. The molecule has 1 N–H and O–H groups in total. The summed E-state index contributed by atoms with van der Waals surface area (Å²) < 4.78 is 4.28. The van der Waals surface area contributed by atoms with Crippen molar-refractivity contribution in [1.82, 2.24) is 23.9 Å². The first-order chi connectivity index (χ1) is 23.0. The molecule has 6 aromatic rings. The minimum absolute atomic E-state index is 0.0950. The number of imidazole rings is 1. The van der Waals surface area contributed by atoms with Gasteiger partial charge in [0, 0.05) is 62.9 Å². The number of hydrogen-bond donors (Lipinski definition) is 1. The molecule has 1 aliphatic heterocycles. The van der Waals surface area contributed by atoms with Gasteiger partial charge in [0.05, 0.1) is 30.7 Å². The van der Waals surface area contributed by atoms with Crippen molar-refractivity contribution < 1.29 is 14.7 Å². The number of benzene rings is 4. The molecule has 1 fully saturated rings. The Hall–Kier alpha value is -5.21. The maximum absolute atomic E-state index is 13.6. The Morgan fingerprint density at radius 2 is 1.62 bits per heavy atom. The number of hydrogen-bond acceptors (Lipinski definition) is 4. The molecule has 0 saturated carbocycles. The van der Waals surface area contributed by atoms with Crippen molar-refractivity contribution >= 4 is 33.4 Å². The van der Waals surface area contributed by atoms with Gasteiger partial charge in [-0.1, -0.05) is 72.8 Å². The number of likely N-dealkylation sites (N-methyl/N-ethyl adjacent to an activating group) is 1. The number of aliphatic hydroxyl groups excluding tert-OH is 1. The van der Waals surface area contributed by atoms with E-state index in [1.165, 1.54) is 0 Å². The molecule has 2 aromatic heterocycles. The summed E-state index contributed by atoms with van der Waals surface area (Å²) in [6, 6.07) is 28.5. The van der Waals surface area contributed by atoms with E-state index in [1.54, 1.807) is 11.9 Å². The highest BCUT2D eigenvalue weighted by molar-refractivity contribution is 6.06. The number of fused-ring (bicyclic) bond motifs is 2. The number of nitrogens with zero attached hydrogens (tertiary/aromatic N) is 5. The summed E-state index contributed by atoms with van der Waals surface area (Å²) in [5, 5.41) is 13.9. The molecule has 47 heavy (non-hydrogen) atoms. The molecule has 0 unspecified atom stereocenters. The molecule has 4 aromatic carbocycles. The standard InChI is InChI=1S/C39H39N5O3/c1-41(19-20-45)39(47)37-26-42(25-36(37)35-12-6-10-30-8-4-5-11-34(30)35)24-33-22-40-27-44(33)23-28-15-17-43(18-16-28)38(46)32-14-13-29-7-2-3-9-31(29)21-32/h2-14,21-22,25-28,45H,15-20,23-24H2,1H3. The van der Waals surface area contributed by atoms with Crippen molar-refractivity contribution in [2.45, 2.75) is 25.9 Å². The highest BCUT2D eigenvalue weighted by Crippen LogP contribution is 2.33. The SMILES string of the molecule is CN(CCO)C(=O)c1cn(Cc2cncn2CC2CCN(C(=O)c3ccc4ccccc4c3)CC2)cc1-c1cccc2ccccc12. The number of carbonyl (C=O) groups is 2. The molecule has 8 nitrogen and oxygen atoms in total. The van der Waals surface area contributed by atoms with Crippen LogP contribution in [0.4, 0.5) is 0 Å². The summed E-state index contributed by atoms with van der Waals surface area (Å²) in [6.45, 7) is 3.03. The van der Waals surface area contributed by atoms with Gasteiger partial charge in [-0.05, 0) is 58.0 Å². The molecule has 2 amide bonds. The monoisotopic (exact) mass is 625 g/mol. The average Bonchev–Trinajstić information content (AvgIpc) is 3.74. The zero-order chi connectivity index (χ0) is 32.3. The summed E-state index contributed by atoms with van der Waals surface area (Å²) in [5.74, 6) is 0.408. The maximum atomic E-state index is 13.6. The highest BCUT2D eigenvalue weighted by Gasteiger charge is 2.25. The molecule has 1 saturated heterocycles. The fourth-order valence-corrected chi connectivity index (χ4v) is 6.83. The van der Waals surface area contributed by atoms with E-state index in [0.717, 1.165) is 76.4 Å². The second-order valence-electron chi connectivity index (χ2n) is 12.6. The van der Waals surface area contributed by atoms with E-state index in [2.05, 4.69) is 50.6 Å². The van der Waals surface area contributed by atoms with Crippen molar-refractivity contribution in [2.75, 3.05) is 33.3 Å². The third kappa shape index (κ3) is 6.29. The molecular formula is C39H39N5O3. The van der Waals surface area contributed by atoms with Crippen molar-refractivity contribution in [3.8, 4) is 11.1 Å². The summed E-state index contributed by atoms with van der Waals surface area (Å²) in [6.07, 6.45) is 9.62. The van der Waals surface area contributed by atoms with E-state index in [1.807, 2.05) is 78.2 Å². The van der Waals surface area contributed by atoms with E-state index >= 15 is 0 Å². The summed E-state index contributed by atoms with van der Waals surface area (Å²) in [7, 11) is 1.72. The molecular weight excluding hydrogens is 586 g/mol. The van der Waals surface area contributed by atoms with Crippen LogP contribution >= 0.6 is 0 Å². The van der Waals surface area contributed by atoms with Gasteiger partial charge in [-0.25, -0.2) is 4.98 Å². The van der Waals surface area contributed by atoms with Gasteiger partial charge in [0.15, 0.2) is 0 Å². The molecule has 8 heteroatoms. The van der Waals surface area contributed by atoms with Crippen molar-refractivity contribution in [2.24, 2.45) is 5.92 Å². The lowest BCUT2D eigenvalue weighted by Crippen LogP contribution is -2.39. The molecule has 1 aliphatic rings. The highest BCUT2D eigenvalue weighted by atomic mass is 16.3. The van der Waals surface area contributed by atoms with Crippen LogP contribution in [0.3, 0.4) is 0 Å². The third-order valence-electron chi connectivity index (χ3n) is 9.47. The van der Waals surface area contributed by atoms with E-state index in [9.17, 15) is 14.7 Å². The number of aliphatic hydroxyl groups is 1. The minimum Gasteiger partial charge on any atom is -0.395 e. The van der Waals surface area contributed by atoms with E-state index in [0.29, 0.717) is 18.0 Å². The van der Waals surface area contributed by atoms with Crippen LogP contribution in [0.5, 0.6) is 0 Å². The molecule has 0 aliphatic carbocycles. The van der Waals surface area contributed by atoms with Crippen LogP contribution in [0.2, 0.25) is 0 Å². The van der Waals surface area contributed by atoms with Gasteiger partial charge in [0.1, 0.15) is 0 Å². The normalized spacial score (nSPS) is 13.8.